The molecule has 0 saturated heterocycles. The van der Waals surface area contributed by atoms with Crippen molar-refractivity contribution in [1.29, 1.82) is 0 Å². The molecule has 16 heteroatoms. The molecule has 1 aliphatic carbocycles. The molecule has 1 heterocycles. The molecule has 0 unspecified atom stereocenters. The van der Waals surface area contributed by atoms with Gasteiger partial charge in [-0.15, -0.1) is 15.9 Å². The molecule has 3 N–H and O–H groups in total. The molecule has 0 fully saturated rings. The molecular formula is C49H47F4N3O6S3. The van der Waals surface area contributed by atoms with Gasteiger partial charge in [-0.2, -0.15) is 0 Å². The number of aliphatic hydroxyl groups is 1. The topological polar surface area (TPSA) is 138 Å². The maximum atomic E-state index is 15.5. The lowest BCUT2D eigenvalue weighted by atomic mass is 9.93. The second kappa shape index (κ2) is 19.9. The lowest BCUT2D eigenvalue weighted by Gasteiger charge is -2.20. The first-order chi connectivity index (χ1) is 31.2. The Labute approximate surface area is 380 Å². The molecule has 0 saturated carbocycles. The molecule has 340 valence electrons. The number of thioether (sulfide) groups is 1. The Kier molecular flexibility index (Phi) is 14.5. The summed E-state index contributed by atoms with van der Waals surface area (Å²) in [4.78, 5) is 1.16. The van der Waals surface area contributed by atoms with Crippen LogP contribution in [0.4, 0.5) is 34.6 Å². The van der Waals surface area contributed by atoms with Gasteiger partial charge in [0.05, 0.1) is 20.8 Å². The van der Waals surface area contributed by atoms with Crippen molar-refractivity contribution in [3.63, 3.8) is 0 Å². The first kappa shape index (κ1) is 47.4. The van der Waals surface area contributed by atoms with Crippen LogP contribution >= 0.6 is 11.8 Å². The zero-order chi connectivity index (χ0) is 46.6. The summed E-state index contributed by atoms with van der Waals surface area (Å²) in [6, 6.07) is 28.1. The summed E-state index contributed by atoms with van der Waals surface area (Å²) in [6.07, 6.45) is 3.50. The number of aryl methyl sites for hydroxylation is 4. The van der Waals surface area contributed by atoms with E-state index in [4.69, 9.17) is 14.5 Å². The van der Waals surface area contributed by atoms with Gasteiger partial charge in [-0.05, 0) is 96.9 Å². The zero-order valence-electron chi connectivity index (χ0n) is 36.1. The van der Waals surface area contributed by atoms with Gasteiger partial charge in [0.2, 0.25) is 0 Å². The van der Waals surface area contributed by atoms with Crippen molar-refractivity contribution in [1.82, 2.24) is 4.13 Å². The number of nitrogens with zero attached hydrogens (tertiary/aromatic N) is 1. The van der Waals surface area contributed by atoms with Crippen LogP contribution in [-0.4, -0.2) is 34.3 Å². The zero-order valence-corrected chi connectivity index (χ0v) is 38.5. The van der Waals surface area contributed by atoms with E-state index in [2.05, 4.69) is 19.2 Å². The number of unbranched alkanes of at least 4 members (excludes halogenated alkanes) is 1. The number of rotatable bonds is 17. The number of benzene rings is 6. The highest BCUT2D eigenvalue weighted by Gasteiger charge is 2.37. The summed E-state index contributed by atoms with van der Waals surface area (Å²) in [7, 11) is -11.2. The number of anilines is 2. The fraction of sp³-hybridized carbons (Fsp3) is 0.245. The first-order valence-electron chi connectivity index (χ1n) is 21.2. The van der Waals surface area contributed by atoms with Gasteiger partial charge in [0, 0.05) is 52.2 Å². The minimum Gasteiger partial charge on any atom is -0.456 e. The van der Waals surface area contributed by atoms with E-state index < -0.39 is 58.0 Å². The van der Waals surface area contributed by atoms with Gasteiger partial charge in [0.15, 0.2) is 28.2 Å². The third-order valence-corrected chi connectivity index (χ3v) is 15.8. The van der Waals surface area contributed by atoms with Crippen molar-refractivity contribution in [3.05, 3.63) is 148 Å². The number of aliphatic hydroxyl groups excluding tert-OH is 1. The van der Waals surface area contributed by atoms with Gasteiger partial charge in [-0.25, -0.2) is 39.4 Å². The quantitative estimate of drug-likeness (QED) is 0.0270. The second-order valence-corrected chi connectivity index (χ2v) is 19.8. The van der Waals surface area contributed by atoms with E-state index in [9.17, 15) is 16.8 Å². The van der Waals surface area contributed by atoms with Crippen LogP contribution in [0.3, 0.4) is 0 Å². The van der Waals surface area contributed by atoms with Gasteiger partial charge in [0.25, 0.3) is 20.0 Å². The van der Waals surface area contributed by atoms with Gasteiger partial charge >= 0.3 is 0 Å². The molecule has 7 rings (SSSR count). The van der Waals surface area contributed by atoms with Crippen molar-refractivity contribution in [2.75, 3.05) is 17.7 Å². The van der Waals surface area contributed by atoms with Crippen LogP contribution in [0.5, 0.6) is 0 Å². The van der Waals surface area contributed by atoms with Crippen molar-refractivity contribution >= 4 is 59.8 Å². The number of sulfonamides is 2. The van der Waals surface area contributed by atoms with E-state index in [1.54, 1.807) is 36.4 Å². The van der Waals surface area contributed by atoms with E-state index >= 15 is 17.6 Å². The van der Waals surface area contributed by atoms with E-state index in [0.29, 0.717) is 50.7 Å². The normalized spacial score (nSPS) is 12.4. The molecule has 0 atom stereocenters. The van der Waals surface area contributed by atoms with Crippen molar-refractivity contribution < 1.29 is 43.9 Å². The lowest BCUT2D eigenvalue weighted by Crippen LogP contribution is -2.33. The van der Waals surface area contributed by atoms with Gasteiger partial charge in [-0.3, -0.25) is 0 Å². The van der Waals surface area contributed by atoms with Crippen molar-refractivity contribution in [2.45, 2.75) is 80.9 Å². The molecule has 0 amide bonds. The molecule has 5 aromatic rings. The number of para-hydroxylation sites is 2. The fourth-order valence-corrected chi connectivity index (χ4v) is 12.0. The monoisotopic (exact) mass is 945 g/mol. The van der Waals surface area contributed by atoms with Crippen molar-refractivity contribution in [2.24, 2.45) is 4.99 Å². The van der Waals surface area contributed by atoms with Crippen LogP contribution in [0.2, 0.25) is 0 Å². The predicted octanol–water partition coefficient (Wildman–Crippen LogP) is 11.5. The number of fused-ring (bicyclic) bond motifs is 2. The van der Waals surface area contributed by atoms with Gasteiger partial charge < -0.3 is 14.8 Å². The molecule has 9 nitrogen and oxygen atoms in total. The summed E-state index contributed by atoms with van der Waals surface area (Å²) < 4.78 is 125. The summed E-state index contributed by atoms with van der Waals surface area (Å²) >= 11 is 0.389. The first-order valence-corrected chi connectivity index (χ1v) is 25.1. The molecule has 65 heavy (non-hydrogen) atoms. The average Bonchev–Trinajstić information content (AvgIpc) is 3.29. The summed E-state index contributed by atoms with van der Waals surface area (Å²) in [5.41, 5.74) is 7.76. The molecular weight excluding hydrogens is 899 g/mol. The van der Waals surface area contributed by atoms with Crippen molar-refractivity contribution in [3.8, 4) is 22.5 Å². The van der Waals surface area contributed by atoms with Crippen LogP contribution < -0.4 is 14.8 Å². The number of hydrogen-bond donors (Lipinski definition) is 3. The highest BCUT2D eigenvalue weighted by molar-refractivity contribution is 8.04. The third kappa shape index (κ3) is 9.59. The van der Waals surface area contributed by atoms with Crippen LogP contribution in [0.15, 0.2) is 121 Å². The minimum atomic E-state index is -5.85. The van der Waals surface area contributed by atoms with Crippen LogP contribution in [-0.2, 0) is 45.7 Å². The molecule has 0 radical (unpaired) electrons. The van der Waals surface area contributed by atoms with Gasteiger partial charge in [0.1, 0.15) is 11.3 Å². The minimum absolute atomic E-state index is 0.0199. The highest BCUT2D eigenvalue weighted by Crippen LogP contribution is 2.44. The standard InChI is InChI=1S/C49H47F4N3O6S3/c1-5-29-15-13-16-30(6-2)46(29)54-33-21-23-35-38(27-33)62-39-28-34(55-47-31(7-3)17-14-18-32(47)8-4)22-24-36(39)41(35)37-19-9-10-20-40(37)64(58,59)56-65(60,61)49-44(52)42(50)48(43(51)45(49)53)63-26-12-11-25-57/h9-10,13-24,27-28,54,56-57H,5-8,11-12,25-26H2,1-4H3/b55-34+. The predicted molar refractivity (Wildman–Crippen MR) is 248 cm³/mol. The Bertz CT molecular complexity index is 3120. The second-order valence-electron chi connectivity index (χ2n) is 15.2. The Morgan fingerprint density at radius 1 is 0.662 bits per heavy atom. The fourth-order valence-electron chi connectivity index (χ4n) is 7.83. The Morgan fingerprint density at radius 3 is 1.89 bits per heavy atom. The average molecular weight is 946 g/mol. The van der Waals surface area contributed by atoms with E-state index in [-0.39, 0.29) is 30.8 Å². The van der Waals surface area contributed by atoms with E-state index in [0.717, 1.165) is 65.4 Å². The summed E-state index contributed by atoms with van der Waals surface area (Å²) in [6.45, 7) is 7.99. The molecule has 0 aromatic heterocycles. The maximum Gasteiger partial charge on any atom is 0.259 e. The highest BCUT2D eigenvalue weighted by atomic mass is 32.3. The van der Waals surface area contributed by atoms with Crippen LogP contribution in [0.25, 0.3) is 33.4 Å². The number of nitrogens with one attached hydrogen (secondary N) is 2. The molecule has 2 aliphatic rings. The lowest BCUT2D eigenvalue weighted by molar-refractivity contribution is 0.287. The van der Waals surface area contributed by atoms with Gasteiger partial charge in [-0.1, -0.05) is 82.3 Å². The largest absolute Gasteiger partial charge is 0.456 e. The summed E-state index contributed by atoms with van der Waals surface area (Å²) in [5, 5.41) is 13.5. The Balaban J connectivity index is 1.41. The Hall–Kier alpha value is -5.52. The smallest absolute Gasteiger partial charge is 0.259 e. The maximum absolute atomic E-state index is 15.5. The number of hydrogen-bond acceptors (Lipinski definition) is 9. The molecule has 0 bridgehead atoms. The number of halogens is 4. The van der Waals surface area contributed by atoms with E-state index in [1.807, 2.05) is 50.2 Å². The third-order valence-electron chi connectivity index (χ3n) is 11.1. The SMILES string of the molecule is CCc1cccc(CC)c1/N=c1\ccc2c(-c3ccccc3S(=O)(=O)NS(=O)(=O)c3c(F)c(F)c(SCCCCO)c(F)c3F)c3ccc(Nc4c(CC)cccc4CC)cc3oc-2c1. The van der Waals surface area contributed by atoms with E-state index in [1.165, 1.54) is 22.3 Å². The molecule has 5 aromatic carbocycles. The molecule has 1 aliphatic heterocycles. The summed E-state index contributed by atoms with van der Waals surface area (Å²) in [5.74, 6) is -8.34. The Morgan fingerprint density at radius 2 is 1.28 bits per heavy atom. The molecule has 0 spiro atoms. The van der Waals surface area contributed by atoms with Crippen LogP contribution in [0, 0.1) is 23.3 Å². The van der Waals surface area contributed by atoms with Crippen LogP contribution in [0.1, 0.15) is 62.8 Å².